The summed E-state index contributed by atoms with van der Waals surface area (Å²) in [5, 5.41) is 22.8. The van der Waals surface area contributed by atoms with Crippen LogP contribution in [-0.4, -0.2) is 36.0 Å². The smallest absolute Gasteiger partial charge is 0.292 e. The second-order valence-corrected chi connectivity index (χ2v) is 4.41. The lowest BCUT2D eigenvalue weighted by Gasteiger charge is -2.17. The highest BCUT2D eigenvalue weighted by Crippen LogP contribution is 2.25. The second-order valence-electron chi connectivity index (χ2n) is 4.41. The van der Waals surface area contributed by atoms with E-state index in [1.165, 1.54) is 18.2 Å². The van der Waals surface area contributed by atoms with E-state index in [1.54, 1.807) is 0 Å². The quantitative estimate of drug-likeness (QED) is 0.448. The zero-order valence-electron chi connectivity index (χ0n) is 11.9. The van der Waals surface area contributed by atoms with Gasteiger partial charge in [-0.25, -0.2) is 0 Å². The van der Waals surface area contributed by atoms with E-state index < -0.39 is 4.92 Å². The Labute approximate surface area is 119 Å². The van der Waals surface area contributed by atoms with Crippen molar-refractivity contribution in [2.75, 3.05) is 31.5 Å². The summed E-state index contributed by atoms with van der Waals surface area (Å²) < 4.78 is 0. The third-order valence-corrected chi connectivity index (χ3v) is 3.18. The van der Waals surface area contributed by atoms with Gasteiger partial charge in [0, 0.05) is 12.6 Å². The van der Waals surface area contributed by atoms with Gasteiger partial charge in [0.25, 0.3) is 5.69 Å². The molecule has 0 heterocycles. The lowest BCUT2D eigenvalue weighted by molar-refractivity contribution is -0.384. The molecule has 0 aliphatic rings. The van der Waals surface area contributed by atoms with Gasteiger partial charge >= 0.3 is 0 Å². The third kappa shape index (κ3) is 4.52. The van der Waals surface area contributed by atoms with E-state index >= 15 is 0 Å². The molecule has 0 spiro atoms. The van der Waals surface area contributed by atoms with Gasteiger partial charge in [0.1, 0.15) is 5.69 Å². The van der Waals surface area contributed by atoms with Gasteiger partial charge < -0.3 is 10.2 Å². The van der Waals surface area contributed by atoms with Crippen LogP contribution in [0, 0.1) is 21.4 Å². The Kier molecular flexibility index (Phi) is 6.47. The van der Waals surface area contributed by atoms with E-state index in [-0.39, 0.29) is 5.69 Å². The first-order valence-corrected chi connectivity index (χ1v) is 6.77. The predicted octanol–water partition coefficient (Wildman–Crippen LogP) is 2.61. The zero-order valence-corrected chi connectivity index (χ0v) is 11.9. The summed E-state index contributed by atoms with van der Waals surface area (Å²) in [5.41, 5.74) is 0.835. The van der Waals surface area contributed by atoms with E-state index in [9.17, 15) is 10.1 Å². The highest BCUT2D eigenvalue weighted by atomic mass is 16.6. The van der Waals surface area contributed by atoms with Crippen LogP contribution in [0.1, 0.15) is 25.8 Å². The molecule has 6 nitrogen and oxygen atoms in total. The normalized spacial score (nSPS) is 10.3. The van der Waals surface area contributed by atoms with Gasteiger partial charge in [-0.05, 0) is 38.2 Å². The van der Waals surface area contributed by atoms with Gasteiger partial charge in [-0.3, -0.25) is 10.1 Å². The summed E-state index contributed by atoms with van der Waals surface area (Å²) in [4.78, 5) is 12.8. The Morgan fingerprint density at radius 3 is 2.65 bits per heavy atom. The molecule has 1 aromatic rings. The Hall–Kier alpha value is -2.13. The van der Waals surface area contributed by atoms with E-state index in [0.717, 1.165) is 26.1 Å². The van der Waals surface area contributed by atoms with E-state index in [2.05, 4.69) is 24.1 Å². The zero-order chi connectivity index (χ0) is 15.0. The summed E-state index contributed by atoms with van der Waals surface area (Å²) in [7, 11) is 0. The third-order valence-electron chi connectivity index (χ3n) is 3.18. The molecule has 1 aromatic carbocycles. The standard InChI is InChI=1S/C14H20N4O2/c1-3-17(4-2)9-5-8-16-13-10-12(11-15)6-7-14(13)18(19)20/h6-7,10,16H,3-5,8-9H2,1-2H3. The van der Waals surface area contributed by atoms with Crippen molar-refractivity contribution in [1.82, 2.24) is 4.90 Å². The largest absolute Gasteiger partial charge is 0.379 e. The summed E-state index contributed by atoms with van der Waals surface area (Å²) in [6, 6.07) is 6.34. The molecular weight excluding hydrogens is 256 g/mol. The summed E-state index contributed by atoms with van der Waals surface area (Å²) in [6.45, 7) is 7.81. The highest BCUT2D eigenvalue weighted by Gasteiger charge is 2.13. The number of nitrogens with one attached hydrogen (secondary N) is 1. The first kappa shape index (κ1) is 15.9. The molecule has 108 valence electrons. The molecule has 0 unspecified atom stereocenters. The van der Waals surface area contributed by atoms with Crippen LogP contribution in [0.2, 0.25) is 0 Å². The maximum atomic E-state index is 10.9. The number of nitro benzene ring substituents is 1. The van der Waals surface area contributed by atoms with Crippen LogP contribution in [-0.2, 0) is 0 Å². The topological polar surface area (TPSA) is 82.2 Å². The van der Waals surface area contributed by atoms with Gasteiger partial charge in [0.05, 0.1) is 16.6 Å². The van der Waals surface area contributed by atoms with Crippen molar-refractivity contribution in [1.29, 1.82) is 5.26 Å². The molecule has 0 saturated heterocycles. The van der Waals surface area contributed by atoms with Gasteiger partial charge in [-0.15, -0.1) is 0 Å². The van der Waals surface area contributed by atoms with Crippen LogP contribution in [0.25, 0.3) is 0 Å². The number of anilines is 1. The van der Waals surface area contributed by atoms with Gasteiger partial charge in [-0.1, -0.05) is 13.8 Å². The first-order valence-electron chi connectivity index (χ1n) is 6.77. The fourth-order valence-electron chi connectivity index (χ4n) is 1.97. The maximum absolute atomic E-state index is 10.9. The van der Waals surface area contributed by atoms with E-state index in [1.807, 2.05) is 6.07 Å². The number of nitro groups is 1. The monoisotopic (exact) mass is 276 g/mol. The molecule has 6 heteroatoms. The van der Waals surface area contributed by atoms with Crippen LogP contribution in [0.5, 0.6) is 0 Å². The summed E-state index contributed by atoms with van der Waals surface area (Å²) >= 11 is 0. The van der Waals surface area contributed by atoms with Crippen LogP contribution < -0.4 is 5.32 Å². The average molecular weight is 276 g/mol. The molecule has 20 heavy (non-hydrogen) atoms. The van der Waals surface area contributed by atoms with Crippen LogP contribution in [0.3, 0.4) is 0 Å². The molecule has 0 radical (unpaired) electrons. The van der Waals surface area contributed by atoms with Crippen LogP contribution >= 0.6 is 0 Å². The lowest BCUT2D eigenvalue weighted by atomic mass is 10.2. The fourth-order valence-corrected chi connectivity index (χ4v) is 1.97. The van der Waals surface area contributed by atoms with Crippen molar-refractivity contribution >= 4 is 11.4 Å². The number of hydrogen-bond acceptors (Lipinski definition) is 5. The fraction of sp³-hybridized carbons (Fsp3) is 0.500. The average Bonchev–Trinajstić information content (AvgIpc) is 2.47. The van der Waals surface area contributed by atoms with Crippen molar-refractivity contribution in [3.05, 3.63) is 33.9 Å². The number of nitriles is 1. The van der Waals surface area contributed by atoms with Crippen molar-refractivity contribution in [2.45, 2.75) is 20.3 Å². The molecule has 0 fully saturated rings. The Balaban J connectivity index is 2.62. The number of rotatable bonds is 8. The summed E-state index contributed by atoms with van der Waals surface area (Å²) in [6.07, 6.45) is 0.898. The van der Waals surface area contributed by atoms with Crippen molar-refractivity contribution in [3.63, 3.8) is 0 Å². The molecule has 1 N–H and O–H groups in total. The van der Waals surface area contributed by atoms with E-state index in [4.69, 9.17) is 5.26 Å². The highest BCUT2D eigenvalue weighted by molar-refractivity contribution is 5.64. The number of nitrogens with zero attached hydrogens (tertiary/aromatic N) is 3. The first-order chi connectivity index (χ1) is 9.62. The molecular formula is C14H20N4O2. The molecule has 1 rings (SSSR count). The maximum Gasteiger partial charge on any atom is 0.292 e. The SMILES string of the molecule is CCN(CC)CCCNc1cc(C#N)ccc1[N+](=O)[O-]. The summed E-state index contributed by atoms with van der Waals surface area (Å²) in [5.74, 6) is 0. The van der Waals surface area contributed by atoms with Crippen LogP contribution in [0.4, 0.5) is 11.4 Å². The van der Waals surface area contributed by atoms with Crippen molar-refractivity contribution < 1.29 is 4.92 Å². The molecule has 0 saturated carbocycles. The molecule has 0 aliphatic heterocycles. The Bertz CT molecular complexity index is 492. The minimum absolute atomic E-state index is 0.00633. The van der Waals surface area contributed by atoms with Gasteiger partial charge in [0.15, 0.2) is 0 Å². The second kappa shape index (κ2) is 8.12. The Morgan fingerprint density at radius 1 is 1.40 bits per heavy atom. The van der Waals surface area contributed by atoms with E-state index in [0.29, 0.717) is 17.8 Å². The number of benzene rings is 1. The predicted molar refractivity (Wildman–Crippen MR) is 78.7 cm³/mol. The van der Waals surface area contributed by atoms with Crippen LogP contribution in [0.15, 0.2) is 18.2 Å². The van der Waals surface area contributed by atoms with Gasteiger partial charge in [-0.2, -0.15) is 5.26 Å². The lowest BCUT2D eigenvalue weighted by Crippen LogP contribution is -2.25. The van der Waals surface area contributed by atoms with Crippen molar-refractivity contribution in [2.24, 2.45) is 0 Å². The van der Waals surface area contributed by atoms with Crippen molar-refractivity contribution in [3.8, 4) is 6.07 Å². The molecule has 0 amide bonds. The van der Waals surface area contributed by atoms with Gasteiger partial charge in [0.2, 0.25) is 0 Å². The molecule has 0 aromatic heterocycles. The minimum atomic E-state index is -0.437. The minimum Gasteiger partial charge on any atom is -0.379 e. The molecule has 0 atom stereocenters. The number of hydrogen-bond donors (Lipinski definition) is 1. The Morgan fingerprint density at radius 2 is 2.10 bits per heavy atom. The molecule has 0 aliphatic carbocycles. The molecule has 0 bridgehead atoms.